The average molecular weight is 413 g/mol. The minimum atomic E-state index is 0.0529. The maximum absolute atomic E-state index is 12.9. The van der Waals surface area contributed by atoms with Crippen LogP contribution in [0, 0.1) is 11.8 Å². The van der Waals surface area contributed by atoms with E-state index in [2.05, 4.69) is 58.6 Å². The second-order valence-electron chi connectivity index (χ2n) is 8.83. The van der Waals surface area contributed by atoms with Crippen LogP contribution < -0.4 is 11.1 Å². The van der Waals surface area contributed by atoms with E-state index in [1.807, 2.05) is 18.2 Å². The van der Waals surface area contributed by atoms with E-state index >= 15 is 0 Å². The number of anilines is 1. The number of carbonyl (C=O) groups excluding carboxylic acids is 1. The minimum absolute atomic E-state index is 0.0529. The van der Waals surface area contributed by atoms with Gasteiger partial charge in [-0.05, 0) is 73.1 Å². The number of H-pyrrole nitrogens is 1. The van der Waals surface area contributed by atoms with Crippen molar-refractivity contribution in [2.45, 2.75) is 38.6 Å². The summed E-state index contributed by atoms with van der Waals surface area (Å²) < 4.78 is 0. The van der Waals surface area contributed by atoms with E-state index in [4.69, 9.17) is 5.73 Å². The first-order valence-corrected chi connectivity index (χ1v) is 11.1. The number of pyridine rings is 1. The number of nitrogens with one attached hydrogen (secondary N) is 2. The maximum atomic E-state index is 12.9. The van der Waals surface area contributed by atoms with Crippen LogP contribution in [-0.2, 0) is 4.79 Å². The summed E-state index contributed by atoms with van der Waals surface area (Å²) >= 11 is 0. The highest BCUT2D eigenvalue weighted by atomic mass is 16.1. The zero-order valence-electron chi connectivity index (χ0n) is 17.8. The summed E-state index contributed by atoms with van der Waals surface area (Å²) in [6.45, 7) is 2.07. The topological polar surface area (TPSA) is 83.8 Å². The maximum Gasteiger partial charge on any atom is 0.227 e. The van der Waals surface area contributed by atoms with E-state index < -0.39 is 0 Å². The molecule has 5 nitrogen and oxygen atoms in total. The fraction of sp³-hybridized carbons (Fsp3) is 0.308. The summed E-state index contributed by atoms with van der Waals surface area (Å²) in [6, 6.07) is 18.9. The second kappa shape index (κ2) is 8.16. The van der Waals surface area contributed by atoms with Gasteiger partial charge in [0, 0.05) is 29.2 Å². The van der Waals surface area contributed by atoms with Crippen LogP contribution in [0.25, 0.3) is 33.1 Å². The van der Waals surface area contributed by atoms with Gasteiger partial charge in [0.25, 0.3) is 0 Å². The van der Waals surface area contributed by atoms with E-state index in [1.54, 1.807) is 6.20 Å². The Morgan fingerprint density at radius 1 is 1.06 bits per heavy atom. The molecule has 4 aromatic rings. The molecule has 0 saturated heterocycles. The molecule has 1 aliphatic carbocycles. The van der Waals surface area contributed by atoms with E-state index in [0.717, 1.165) is 53.7 Å². The molecule has 1 unspecified atom stereocenters. The van der Waals surface area contributed by atoms with Crippen molar-refractivity contribution in [2.24, 2.45) is 17.6 Å². The Hall–Kier alpha value is -3.18. The molecule has 5 heteroatoms. The monoisotopic (exact) mass is 412 g/mol. The van der Waals surface area contributed by atoms with Gasteiger partial charge in [-0.25, -0.2) is 4.98 Å². The largest absolute Gasteiger partial charge is 0.339 e. The molecule has 1 aliphatic rings. The normalized spacial score (nSPS) is 20.1. The number of hydrogen-bond donors (Lipinski definition) is 3. The lowest BCUT2D eigenvalue weighted by Crippen LogP contribution is -2.33. The molecule has 1 fully saturated rings. The molecule has 0 radical (unpaired) electrons. The van der Waals surface area contributed by atoms with Gasteiger partial charge in [-0.3, -0.25) is 4.79 Å². The molecular weight excluding hydrogens is 384 g/mol. The van der Waals surface area contributed by atoms with Crippen LogP contribution in [0.5, 0.6) is 0 Å². The Labute approximate surface area is 182 Å². The zero-order valence-corrected chi connectivity index (χ0v) is 17.8. The molecule has 1 amide bonds. The lowest BCUT2D eigenvalue weighted by Gasteiger charge is -2.30. The Bertz CT molecular complexity index is 1230. The standard InChI is InChI=1S/C26H28N4O/c1-16(27)17-6-9-19(10-7-17)26(31)30-23-12-13-28-25-22(23)15-24(29-25)21-11-8-18-4-2-3-5-20(18)14-21/h2-5,8,11-17,19H,6-7,9-10,27H2,1H3,(H2,28,29,30,31). The van der Waals surface area contributed by atoms with Crippen LogP contribution in [0.2, 0.25) is 0 Å². The van der Waals surface area contributed by atoms with E-state index in [-0.39, 0.29) is 17.9 Å². The Morgan fingerprint density at radius 2 is 1.84 bits per heavy atom. The van der Waals surface area contributed by atoms with Crippen molar-refractivity contribution in [3.8, 4) is 11.3 Å². The fourth-order valence-corrected chi connectivity index (χ4v) is 4.79. The SMILES string of the molecule is CC(N)C1CCC(C(=O)Nc2ccnc3[nH]c(-c4ccc5ccccc5c4)cc23)CC1. The predicted molar refractivity (Wildman–Crippen MR) is 127 cm³/mol. The van der Waals surface area contributed by atoms with E-state index in [0.29, 0.717) is 5.92 Å². The molecule has 2 aromatic carbocycles. The summed E-state index contributed by atoms with van der Waals surface area (Å²) in [5.41, 5.74) is 9.73. The molecule has 0 bridgehead atoms. The molecule has 2 heterocycles. The van der Waals surface area contributed by atoms with Gasteiger partial charge in [-0.1, -0.05) is 36.4 Å². The molecule has 31 heavy (non-hydrogen) atoms. The van der Waals surface area contributed by atoms with Gasteiger partial charge in [0.15, 0.2) is 0 Å². The van der Waals surface area contributed by atoms with Crippen LogP contribution in [0.3, 0.4) is 0 Å². The molecule has 5 rings (SSSR count). The number of aromatic nitrogens is 2. The third-order valence-electron chi connectivity index (χ3n) is 6.74. The number of nitrogens with two attached hydrogens (primary N) is 1. The molecule has 1 saturated carbocycles. The third kappa shape index (κ3) is 3.93. The number of fused-ring (bicyclic) bond motifs is 2. The van der Waals surface area contributed by atoms with Crippen molar-refractivity contribution in [1.82, 2.24) is 9.97 Å². The summed E-state index contributed by atoms with van der Waals surface area (Å²) in [7, 11) is 0. The average Bonchev–Trinajstić information content (AvgIpc) is 3.24. The Morgan fingerprint density at radius 3 is 2.61 bits per heavy atom. The van der Waals surface area contributed by atoms with Gasteiger partial charge in [0.05, 0.1) is 5.69 Å². The van der Waals surface area contributed by atoms with E-state index in [9.17, 15) is 4.79 Å². The molecule has 158 valence electrons. The number of benzene rings is 2. The number of carbonyl (C=O) groups is 1. The summed E-state index contributed by atoms with van der Waals surface area (Å²) in [4.78, 5) is 20.8. The highest BCUT2D eigenvalue weighted by Crippen LogP contribution is 2.33. The molecular formula is C26H28N4O. The molecule has 0 spiro atoms. The van der Waals surface area contributed by atoms with Gasteiger partial charge in [0.2, 0.25) is 5.91 Å². The Kier molecular flexibility index (Phi) is 5.20. The van der Waals surface area contributed by atoms with Crippen molar-refractivity contribution < 1.29 is 4.79 Å². The predicted octanol–water partition coefficient (Wildman–Crippen LogP) is 5.48. The van der Waals surface area contributed by atoms with Crippen LogP contribution in [0.1, 0.15) is 32.6 Å². The first-order chi connectivity index (χ1) is 15.1. The van der Waals surface area contributed by atoms with Gasteiger partial charge in [-0.15, -0.1) is 0 Å². The highest BCUT2D eigenvalue weighted by Gasteiger charge is 2.28. The quantitative estimate of drug-likeness (QED) is 0.415. The zero-order chi connectivity index (χ0) is 21.4. The third-order valence-corrected chi connectivity index (χ3v) is 6.74. The van der Waals surface area contributed by atoms with Crippen LogP contribution in [0.4, 0.5) is 5.69 Å². The van der Waals surface area contributed by atoms with Crippen molar-refractivity contribution in [1.29, 1.82) is 0 Å². The molecule has 2 aromatic heterocycles. The van der Waals surface area contributed by atoms with Gasteiger partial charge < -0.3 is 16.0 Å². The van der Waals surface area contributed by atoms with Crippen molar-refractivity contribution >= 4 is 33.4 Å². The summed E-state index contributed by atoms with van der Waals surface area (Å²) in [5, 5.41) is 6.51. The summed E-state index contributed by atoms with van der Waals surface area (Å²) in [6.07, 6.45) is 5.60. The van der Waals surface area contributed by atoms with Crippen LogP contribution >= 0.6 is 0 Å². The van der Waals surface area contributed by atoms with Gasteiger partial charge >= 0.3 is 0 Å². The lowest BCUT2D eigenvalue weighted by molar-refractivity contribution is -0.121. The van der Waals surface area contributed by atoms with Crippen LogP contribution in [-0.4, -0.2) is 21.9 Å². The number of amides is 1. The first kappa shape index (κ1) is 19.8. The minimum Gasteiger partial charge on any atom is -0.339 e. The number of hydrogen-bond acceptors (Lipinski definition) is 3. The summed E-state index contributed by atoms with van der Waals surface area (Å²) in [5.74, 6) is 0.687. The highest BCUT2D eigenvalue weighted by molar-refractivity contribution is 6.02. The first-order valence-electron chi connectivity index (χ1n) is 11.1. The van der Waals surface area contributed by atoms with Gasteiger partial charge in [0.1, 0.15) is 5.65 Å². The Balaban J connectivity index is 1.39. The van der Waals surface area contributed by atoms with E-state index in [1.165, 1.54) is 10.8 Å². The lowest BCUT2D eigenvalue weighted by atomic mass is 9.79. The molecule has 1 atom stereocenters. The fourth-order valence-electron chi connectivity index (χ4n) is 4.79. The number of nitrogens with zero attached hydrogens (tertiary/aromatic N) is 1. The number of aromatic amines is 1. The van der Waals surface area contributed by atoms with Gasteiger partial charge in [-0.2, -0.15) is 0 Å². The van der Waals surface area contributed by atoms with Crippen molar-refractivity contribution in [2.75, 3.05) is 5.32 Å². The molecule has 0 aliphatic heterocycles. The second-order valence-corrected chi connectivity index (χ2v) is 8.83. The number of rotatable bonds is 4. The van der Waals surface area contributed by atoms with Crippen molar-refractivity contribution in [3.63, 3.8) is 0 Å². The molecule has 4 N–H and O–H groups in total. The van der Waals surface area contributed by atoms with Crippen LogP contribution in [0.15, 0.2) is 60.8 Å². The van der Waals surface area contributed by atoms with Crippen molar-refractivity contribution in [3.05, 3.63) is 60.8 Å². The smallest absolute Gasteiger partial charge is 0.227 e.